The quantitative estimate of drug-likeness (QED) is 0.193. The Balaban J connectivity index is 0.000000594. The van der Waals surface area contributed by atoms with Gasteiger partial charge in [-0.1, -0.05) is 7.43 Å². The first-order valence-electron chi connectivity index (χ1n) is 13.6. The van der Waals surface area contributed by atoms with Crippen molar-refractivity contribution < 1.29 is 47.4 Å². The largest absolute Gasteiger partial charge is 0.573 e. The fourth-order valence-corrected chi connectivity index (χ4v) is 4.61. The SMILES string of the molecule is C.CN(Cc1cnc(N2CCN(c3ccc(OC(F)(F)F)cc3)CC2)nc1)[C@@H]1COc2nc([N+](=O)[O-])cn2C1.O=C(O)/C=C/C(=O)O. The molecule has 2 aliphatic heterocycles. The second kappa shape index (κ2) is 15.7. The van der Waals surface area contributed by atoms with Crippen molar-refractivity contribution in [2.45, 2.75) is 32.9 Å². The summed E-state index contributed by atoms with van der Waals surface area (Å²) in [5.41, 5.74) is 1.74. The van der Waals surface area contributed by atoms with Crippen LogP contribution in [-0.4, -0.2) is 104 Å². The number of imidazole rings is 1. The molecular weight excluding hydrogens is 633 g/mol. The molecule has 4 heterocycles. The van der Waals surface area contributed by atoms with E-state index in [-0.39, 0.29) is 31.0 Å². The van der Waals surface area contributed by atoms with E-state index < -0.39 is 23.2 Å². The second-order valence-electron chi connectivity index (χ2n) is 10.1. The minimum absolute atomic E-state index is 0. The molecule has 16 nitrogen and oxygen atoms in total. The van der Waals surface area contributed by atoms with Gasteiger partial charge in [-0.3, -0.25) is 9.47 Å². The number of nitrogens with zero attached hydrogens (tertiary/aromatic N) is 8. The maximum Gasteiger partial charge on any atom is 0.573 e. The molecule has 1 saturated heterocycles. The van der Waals surface area contributed by atoms with Crippen LogP contribution in [0.2, 0.25) is 0 Å². The summed E-state index contributed by atoms with van der Waals surface area (Å²) in [5.74, 6) is -2.38. The number of halogens is 3. The molecule has 19 heteroatoms. The zero-order valence-corrected chi connectivity index (χ0v) is 24.3. The highest BCUT2D eigenvalue weighted by molar-refractivity contribution is 5.89. The summed E-state index contributed by atoms with van der Waals surface area (Å²) < 4.78 is 48.3. The Morgan fingerprint density at radius 1 is 1.09 bits per heavy atom. The fraction of sp³-hybridized carbons (Fsp3) is 0.393. The summed E-state index contributed by atoms with van der Waals surface area (Å²) >= 11 is 0. The first kappa shape index (κ1) is 36.0. The number of rotatable bonds is 9. The monoisotopic (exact) mass is 666 g/mol. The Hall–Kier alpha value is -5.46. The molecule has 0 spiro atoms. The van der Waals surface area contributed by atoms with E-state index in [0.717, 1.165) is 11.3 Å². The number of hydrogen-bond acceptors (Lipinski definition) is 12. The molecule has 5 rings (SSSR count). The molecule has 3 aromatic rings. The number of alkyl halides is 3. The Labute approximate surface area is 266 Å². The van der Waals surface area contributed by atoms with E-state index in [2.05, 4.69) is 34.4 Å². The number of piperazine rings is 1. The molecule has 2 aromatic heterocycles. The third-order valence-corrected chi connectivity index (χ3v) is 6.84. The zero-order valence-electron chi connectivity index (χ0n) is 24.3. The third-order valence-electron chi connectivity index (χ3n) is 6.84. The maximum absolute atomic E-state index is 12.4. The molecule has 0 bridgehead atoms. The van der Waals surface area contributed by atoms with E-state index in [1.807, 2.05) is 7.05 Å². The number of benzene rings is 1. The molecule has 2 N–H and O–H groups in total. The number of aliphatic carboxylic acids is 2. The van der Waals surface area contributed by atoms with Crippen LogP contribution in [0, 0.1) is 10.1 Å². The van der Waals surface area contributed by atoms with Gasteiger partial charge >= 0.3 is 30.1 Å². The first-order valence-corrected chi connectivity index (χ1v) is 13.6. The lowest BCUT2D eigenvalue weighted by Crippen LogP contribution is -2.47. The Morgan fingerprint density at radius 2 is 1.66 bits per heavy atom. The van der Waals surface area contributed by atoms with Crippen LogP contribution in [0.3, 0.4) is 0 Å². The van der Waals surface area contributed by atoms with E-state index in [9.17, 15) is 32.9 Å². The van der Waals surface area contributed by atoms with Gasteiger partial charge in [0.05, 0.1) is 6.04 Å². The van der Waals surface area contributed by atoms with E-state index >= 15 is 0 Å². The number of anilines is 2. The number of aromatic nitrogens is 4. The fourth-order valence-electron chi connectivity index (χ4n) is 4.61. The molecule has 0 radical (unpaired) electrons. The average Bonchev–Trinajstić information content (AvgIpc) is 3.45. The highest BCUT2D eigenvalue weighted by Gasteiger charge is 2.31. The minimum atomic E-state index is -4.71. The molecule has 0 saturated carbocycles. The summed E-state index contributed by atoms with van der Waals surface area (Å²) in [6.45, 7) is 4.13. The molecule has 254 valence electrons. The lowest BCUT2D eigenvalue weighted by molar-refractivity contribution is -0.389. The standard InChI is InChI=1S/C23H25F3N8O4.C4H4O4.CH4/c1-30(18-13-33-14-20(34(35)36)29-22(33)37-15-18)12-16-10-27-21(28-11-16)32-8-6-31(7-9-32)17-2-4-19(5-3-17)38-23(24,25)26;5-3(6)1-2-4(7)8;/h2-5,10-11,14,18H,6-9,12-13,15H2,1H3;1-2H,(H,5,6)(H,7,8);1H4/b;2-1+;/t18-;;/m0../s1. The number of hydrogen-bond donors (Lipinski definition) is 2. The second-order valence-corrected chi connectivity index (χ2v) is 10.1. The van der Waals surface area contributed by atoms with Gasteiger partial charge in [0, 0.05) is 80.0 Å². The smallest absolute Gasteiger partial charge is 0.478 e. The van der Waals surface area contributed by atoms with Crippen LogP contribution in [0.15, 0.2) is 55.0 Å². The van der Waals surface area contributed by atoms with Crippen molar-refractivity contribution in [3.63, 3.8) is 0 Å². The molecular formula is C28H33F3N8O8. The van der Waals surface area contributed by atoms with Crippen LogP contribution in [0.5, 0.6) is 11.8 Å². The van der Waals surface area contributed by atoms with Crippen molar-refractivity contribution in [2.24, 2.45) is 0 Å². The van der Waals surface area contributed by atoms with E-state index in [1.165, 1.54) is 18.3 Å². The van der Waals surface area contributed by atoms with Gasteiger partial charge in [-0.2, -0.15) is 0 Å². The number of ether oxygens (including phenoxy) is 2. The van der Waals surface area contributed by atoms with Crippen molar-refractivity contribution in [3.05, 3.63) is 70.7 Å². The van der Waals surface area contributed by atoms with Crippen molar-refractivity contribution in [3.8, 4) is 11.8 Å². The minimum Gasteiger partial charge on any atom is -0.478 e. The molecule has 2 aliphatic rings. The van der Waals surface area contributed by atoms with Crippen LogP contribution in [0.25, 0.3) is 0 Å². The number of fused-ring (bicyclic) bond motifs is 1. The van der Waals surface area contributed by atoms with E-state index in [0.29, 0.717) is 64.0 Å². The third kappa shape index (κ3) is 10.6. The summed E-state index contributed by atoms with van der Waals surface area (Å²) in [6, 6.07) is 6.10. The van der Waals surface area contributed by atoms with Crippen molar-refractivity contribution >= 4 is 29.4 Å². The van der Waals surface area contributed by atoms with Gasteiger partial charge in [0.2, 0.25) is 5.95 Å². The molecule has 1 aromatic carbocycles. The van der Waals surface area contributed by atoms with E-state index in [4.69, 9.17) is 14.9 Å². The number of carboxylic acids is 2. The Morgan fingerprint density at radius 3 is 2.19 bits per heavy atom. The Bertz CT molecular complexity index is 1530. The number of carboxylic acid groups (broad SMARTS) is 2. The first-order chi connectivity index (χ1) is 21.8. The van der Waals surface area contributed by atoms with Crippen LogP contribution in [0.1, 0.15) is 13.0 Å². The van der Waals surface area contributed by atoms with Gasteiger partial charge in [0.25, 0.3) is 0 Å². The molecule has 1 atom stereocenters. The normalized spacial score (nSPS) is 16.0. The predicted octanol–water partition coefficient (Wildman–Crippen LogP) is 3.05. The van der Waals surface area contributed by atoms with Crippen molar-refractivity contribution in [1.29, 1.82) is 0 Å². The lowest BCUT2D eigenvalue weighted by Gasteiger charge is -2.36. The van der Waals surface area contributed by atoms with Crippen molar-refractivity contribution in [2.75, 3.05) is 49.6 Å². The van der Waals surface area contributed by atoms with Gasteiger partial charge in [0.15, 0.2) is 0 Å². The van der Waals surface area contributed by atoms with Gasteiger partial charge in [-0.05, 0) is 36.2 Å². The number of likely N-dealkylation sites (N-methyl/N-ethyl adjacent to an activating group) is 1. The summed E-state index contributed by atoms with van der Waals surface area (Å²) in [5, 5.41) is 26.6. The van der Waals surface area contributed by atoms with Gasteiger partial charge in [-0.15, -0.1) is 13.2 Å². The summed E-state index contributed by atoms with van der Waals surface area (Å²) in [4.78, 5) is 48.7. The molecule has 0 amide bonds. The van der Waals surface area contributed by atoms with Gasteiger partial charge in [0.1, 0.15) is 18.6 Å². The number of nitro groups is 1. The molecule has 0 aliphatic carbocycles. The average molecular weight is 667 g/mol. The molecule has 0 unspecified atom stereocenters. The van der Waals surface area contributed by atoms with E-state index in [1.54, 1.807) is 29.1 Å². The number of carbonyl (C=O) groups is 2. The van der Waals surface area contributed by atoms with Gasteiger partial charge in [-0.25, -0.2) is 19.6 Å². The van der Waals surface area contributed by atoms with Gasteiger partial charge < -0.3 is 39.6 Å². The van der Waals surface area contributed by atoms with Crippen LogP contribution >= 0.6 is 0 Å². The van der Waals surface area contributed by atoms with Crippen LogP contribution < -0.4 is 19.3 Å². The Kier molecular flexibility index (Phi) is 12.0. The topological polar surface area (TPSA) is 190 Å². The lowest BCUT2D eigenvalue weighted by atomic mass is 10.2. The zero-order chi connectivity index (χ0) is 33.4. The predicted molar refractivity (Wildman–Crippen MR) is 160 cm³/mol. The highest BCUT2D eigenvalue weighted by Crippen LogP contribution is 2.27. The summed E-state index contributed by atoms with van der Waals surface area (Å²) in [6.07, 6.45) is 1.34. The molecule has 1 fully saturated rings. The van der Waals surface area contributed by atoms with Crippen molar-refractivity contribution in [1.82, 2.24) is 24.4 Å². The van der Waals surface area contributed by atoms with Crippen LogP contribution in [0.4, 0.5) is 30.6 Å². The van der Waals surface area contributed by atoms with Crippen LogP contribution in [-0.2, 0) is 22.7 Å². The summed E-state index contributed by atoms with van der Waals surface area (Å²) in [7, 11) is 1.94. The highest BCUT2D eigenvalue weighted by atomic mass is 19.4. The molecule has 47 heavy (non-hydrogen) atoms. The maximum atomic E-state index is 12.4.